The number of alkyl halides is 1. The second-order valence-electron chi connectivity index (χ2n) is 9.53. The summed E-state index contributed by atoms with van der Waals surface area (Å²) in [6.45, 7) is 10.7. The maximum absolute atomic E-state index is 13.6. The number of nitrogens with zero attached hydrogens (tertiary/aromatic N) is 3. The first-order chi connectivity index (χ1) is 12.8. The van der Waals surface area contributed by atoms with E-state index in [1.807, 2.05) is 0 Å². The van der Waals surface area contributed by atoms with E-state index in [4.69, 9.17) is 0 Å². The molecule has 0 aromatic rings. The summed E-state index contributed by atoms with van der Waals surface area (Å²) in [7, 11) is 0. The molecule has 2 saturated heterocycles. The minimum absolute atomic E-state index is 0.0520. The summed E-state index contributed by atoms with van der Waals surface area (Å²) in [4.78, 5) is 16.6. The van der Waals surface area contributed by atoms with Crippen molar-refractivity contribution in [3.63, 3.8) is 0 Å². The van der Waals surface area contributed by atoms with Crippen molar-refractivity contribution >= 4 is 5.91 Å². The van der Waals surface area contributed by atoms with Crippen molar-refractivity contribution in [2.24, 2.45) is 11.3 Å². The third kappa shape index (κ3) is 4.14. The van der Waals surface area contributed by atoms with E-state index < -0.39 is 12.2 Å². The van der Waals surface area contributed by atoms with Gasteiger partial charge in [-0.2, -0.15) is 5.26 Å². The average molecular weight is 379 g/mol. The van der Waals surface area contributed by atoms with Gasteiger partial charge in [0, 0.05) is 18.5 Å². The summed E-state index contributed by atoms with van der Waals surface area (Å²) < 4.78 is 13.6. The molecule has 2 heterocycles. The molecule has 0 radical (unpaired) electrons. The summed E-state index contributed by atoms with van der Waals surface area (Å²) in [5.74, 6) is 0.454. The molecule has 0 aromatic heterocycles. The second kappa shape index (κ2) is 8.05. The van der Waals surface area contributed by atoms with Crippen LogP contribution >= 0.6 is 0 Å². The van der Waals surface area contributed by atoms with Gasteiger partial charge < -0.3 is 15.1 Å². The maximum Gasteiger partial charge on any atom is 0.237 e. The molecule has 1 saturated carbocycles. The number of hydrogen-bond acceptors (Lipinski definition) is 4. The van der Waals surface area contributed by atoms with E-state index >= 15 is 0 Å². The minimum Gasteiger partial charge on any atom is -0.323 e. The fourth-order valence-corrected chi connectivity index (χ4v) is 5.24. The van der Waals surface area contributed by atoms with Crippen molar-refractivity contribution in [2.75, 3.05) is 32.7 Å². The Morgan fingerprint density at radius 3 is 2.63 bits per heavy atom. The molecule has 0 spiro atoms. The Balaban J connectivity index is 1.57. The molecule has 4 atom stereocenters. The van der Waals surface area contributed by atoms with Gasteiger partial charge in [-0.05, 0) is 57.0 Å². The number of carbonyl (C=O) groups is 1. The first-order valence-corrected chi connectivity index (χ1v) is 10.6. The zero-order valence-electron chi connectivity index (χ0n) is 17.1. The fraction of sp³-hybridized carbons (Fsp3) is 0.905. The van der Waals surface area contributed by atoms with E-state index in [9.17, 15) is 14.4 Å². The van der Waals surface area contributed by atoms with E-state index in [0.29, 0.717) is 5.92 Å². The predicted molar refractivity (Wildman–Crippen MR) is 104 cm³/mol. The molecule has 152 valence electrons. The zero-order valence-corrected chi connectivity index (χ0v) is 17.1. The molecule has 6 heteroatoms. The lowest BCUT2D eigenvalue weighted by atomic mass is 9.71. The third-order valence-electron chi connectivity index (χ3n) is 7.71. The molecule has 1 amide bonds. The Labute approximate surface area is 163 Å². The van der Waals surface area contributed by atoms with E-state index in [2.05, 4.69) is 37.1 Å². The van der Waals surface area contributed by atoms with Crippen molar-refractivity contribution in [2.45, 2.75) is 77.0 Å². The van der Waals surface area contributed by atoms with Crippen LogP contribution in [-0.2, 0) is 4.79 Å². The fourth-order valence-electron chi connectivity index (χ4n) is 5.24. The largest absolute Gasteiger partial charge is 0.323 e. The summed E-state index contributed by atoms with van der Waals surface area (Å²) in [5, 5.41) is 12.7. The average Bonchev–Trinajstić information content (AvgIpc) is 3.13. The highest BCUT2D eigenvalue weighted by atomic mass is 19.1. The number of rotatable bonds is 5. The van der Waals surface area contributed by atoms with Gasteiger partial charge in [0.1, 0.15) is 12.2 Å². The van der Waals surface area contributed by atoms with Crippen LogP contribution in [0.2, 0.25) is 0 Å². The lowest BCUT2D eigenvalue weighted by Gasteiger charge is -2.44. The van der Waals surface area contributed by atoms with E-state index in [-0.39, 0.29) is 36.4 Å². The first kappa shape index (κ1) is 20.5. The van der Waals surface area contributed by atoms with Crippen molar-refractivity contribution < 1.29 is 9.18 Å². The van der Waals surface area contributed by atoms with Gasteiger partial charge in [0.25, 0.3) is 0 Å². The number of nitrogens with one attached hydrogen (secondary N) is 1. The smallest absolute Gasteiger partial charge is 0.237 e. The number of likely N-dealkylation sites (tertiary alicyclic amines) is 2. The van der Waals surface area contributed by atoms with Crippen LogP contribution < -0.4 is 5.32 Å². The highest BCUT2D eigenvalue weighted by Crippen LogP contribution is 2.50. The van der Waals surface area contributed by atoms with Crippen molar-refractivity contribution in [3.05, 3.63) is 0 Å². The Bertz CT molecular complexity index is 583. The molecular formula is C21H35FN4O. The minimum atomic E-state index is -1.08. The topological polar surface area (TPSA) is 59.4 Å². The van der Waals surface area contributed by atoms with Gasteiger partial charge in [0.05, 0.1) is 19.2 Å². The summed E-state index contributed by atoms with van der Waals surface area (Å²) >= 11 is 0. The van der Waals surface area contributed by atoms with Crippen molar-refractivity contribution in [1.29, 1.82) is 5.26 Å². The predicted octanol–water partition coefficient (Wildman–Crippen LogP) is 2.72. The number of halogens is 1. The Morgan fingerprint density at radius 2 is 1.96 bits per heavy atom. The second-order valence-corrected chi connectivity index (χ2v) is 9.53. The Morgan fingerprint density at radius 1 is 1.26 bits per heavy atom. The van der Waals surface area contributed by atoms with Crippen molar-refractivity contribution in [1.82, 2.24) is 15.1 Å². The molecule has 0 aromatic carbocycles. The van der Waals surface area contributed by atoms with Gasteiger partial charge in [0.15, 0.2) is 0 Å². The van der Waals surface area contributed by atoms with Crippen LogP contribution in [-0.4, -0.2) is 66.2 Å². The molecule has 3 fully saturated rings. The van der Waals surface area contributed by atoms with Gasteiger partial charge in [-0.3, -0.25) is 4.79 Å². The van der Waals surface area contributed by atoms with E-state index in [1.165, 1.54) is 37.3 Å². The SMILES string of the molecule is CC1(C)[C@H](CN2CCCCC2)CC[C@]1(C)NCC(=O)N1C[C@@H](F)C[C@H]1C#N. The van der Waals surface area contributed by atoms with Gasteiger partial charge >= 0.3 is 0 Å². The first-order valence-electron chi connectivity index (χ1n) is 10.6. The van der Waals surface area contributed by atoms with Gasteiger partial charge in [-0.25, -0.2) is 4.39 Å². The number of carbonyl (C=O) groups excluding carboxylic acids is 1. The Kier molecular flexibility index (Phi) is 6.12. The van der Waals surface area contributed by atoms with E-state index in [0.717, 1.165) is 19.4 Å². The highest BCUT2D eigenvalue weighted by Gasteiger charge is 2.51. The van der Waals surface area contributed by atoms with Crippen LogP contribution in [0.3, 0.4) is 0 Å². The van der Waals surface area contributed by atoms with Crippen LogP contribution in [0.4, 0.5) is 4.39 Å². The molecule has 2 aliphatic heterocycles. The maximum atomic E-state index is 13.6. The van der Waals surface area contributed by atoms with Crippen LogP contribution in [0.15, 0.2) is 0 Å². The van der Waals surface area contributed by atoms with Crippen LogP contribution in [0, 0.1) is 22.7 Å². The molecule has 1 N–H and O–H groups in total. The molecule has 27 heavy (non-hydrogen) atoms. The Hall–Kier alpha value is -1.19. The normalized spacial score (nSPS) is 36.7. The summed E-state index contributed by atoms with van der Waals surface area (Å²) in [6, 6.07) is 1.44. The van der Waals surface area contributed by atoms with Gasteiger partial charge in [-0.1, -0.05) is 20.3 Å². The standard InChI is InChI=1S/C21H35FN4O/c1-20(2)16(14-25-9-5-4-6-10-25)7-8-21(20,3)24-13-19(27)26-15-17(22)11-18(26)12-23/h16-18,24H,4-11,13-15H2,1-3H3/t16-,17-,18-,21-/m0/s1. The summed E-state index contributed by atoms with van der Waals surface area (Å²) in [5.41, 5.74) is -0.0485. The number of hydrogen-bond donors (Lipinski definition) is 1. The van der Waals surface area contributed by atoms with Crippen LogP contribution in [0.1, 0.15) is 59.3 Å². The summed E-state index contributed by atoms with van der Waals surface area (Å²) in [6.07, 6.45) is 5.24. The number of piperidine rings is 1. The molecule has 3 aliphatic rings. The van der Waals surface area contributed by atoms with Crippen LogP contribution in [0.25, 0.3) is 0 Å². The third-order valence-corrected chi connectivity index (χ3v) is 7.71. The highest BCUT2D eigenvalue weighted by molar-refractivity contribution is 5.79. The molecule has 5 nitrogen and oxygen atoms in total. The molecular weight excluding hydrogens is 343 g/mol. The van der Waals surface area contributed by atoms with E-state index in [1.54, 1.807) is 0 Å². The zero-order chi connectivity index (χ0) is 19.7. The quantitative estimate of drug-likeness (QED) is 0.799. The molecule has 1 aliphatic carbocycles. The van der Waals surface area contributed by atoms with Crippen molar-refractivity contribution in [3.8, 4) is 6.07 Å². The van der Waals surface area contributed by atoms with Gasteiger partial charge in [-0.15, -0.1) is 0 Å². The lowest BCUT2D eigenvalue weighted by molar-refractivity contribution is -0.131. The molecule has 0 unspecified atom stereocenters. The van der Waals surface area contributed by atoms with Crippen LogP contribution in [0.5, 0.6) is 0 Å². The lowest BCUT2D eigenvalue weighted by Crippen LogP contribution is -2.56. The molecule has 0 bridgehead atoms. The number of nitriles is 1. The monoisotopic (exact) mass is 378 g/mol. The molecule has 3 rings (SSSR count). The van der Waals surface area contributed by atoms with Gasteiger partial charge in [0.2, 0.25) is 5.91 Å². The number of amides is 1.